The molecule has 1 aliphatic heterocycles. The summed E-state index contributed by atoms with van der Waals surface area (Å²) in [6, 6.07) is 0.589. The minimum atomic E-state index is 0.372. The van der Waals surface area contributed by atoms with Crippen molar-refractivity contribution in [1.29, 1.82) is 0 Å². The molecular formula is C15H33N3. The van der Waals surface area contributed by atoms with Crippen LogP contribution in [0.5, 0.6) is 0 Å². The highest BCUT2D eigenvalue weighted by molar-refractivity contribution is 4.80. The molecule has 0 radical (unpaired) electrons. The summed E-state index contributed by atoms with van der Waals surface area (Å²) in [5.74, 6) is 0. The van der Waals surface area contributed by atoms with E-state index in [1.165, 1.54) is 45.7 Å². The standard InChI is InChI=1S/C15H33N3/c1-6-7-17-8-10-18(11-9-17)13-15(4,5)12-16-14(2)3/h14,16H,6-13H2,1-5H3. The molecule has 1 heterocycles. The van der Waals surface area contributed by atoms with Crippen molar-refractivity contribution in [1.82, 2.24) is 15.1 Å². The van der Waals surface area contributed by atoms with Crippen LogP contribution in [-0.4, -0.2) is 61.7 Å². The predicted octanol–water partition coefficient (Wildman–Crippen LogP) is 2.04. The zero-order valence-electron chi connectivity index (χ0n) is 13.1. The third kappa shape index (κ3) is 6.17. The first-order chi connectivity index (χ1) is 8.43. The summed E-state index contributed by atoms with van der Waals surface area (Å²) in [6.45, 7) is 20.0. The third-order valence-corrected chi connectivity index (χ3v) is 3.65. The average Bonchev–Trinajstić information content (AvgIpc) is 2.29. The van der Waals surface area contributed by atoms with Crippen molar-refractivity contribution in [3.05, 3.63) is 0 Å². The second-order valence-electron chi connectivity index (χ2n) is 6.82. The van der Waals surface area contributed by atoms with Gasteiger partial charge in [0, 0.05) is 45.3 Å². The van der Waals surface area contributed by atoms with Crippen LogP contribution in [0.4, 0.5) is 0 Å². The van der Waals surface area contributed by atoms with E-state index in [2.05, 4.69) is 49.7 Å². The first-order valence-electron chi connectivity index (χ1n) is 7.61. The van der Waals surface area contributed by atoms with E-state index in [1.54, 1.807) is 0 Å². The van der Waals surface area contributed by atoms with Gasteiger partial charge in [0.25, 0.3) is 0 Å². The Morgan fingerprint density at radius 1 is 1.06 bits per heavy atom. The summed E-state index contributed by atoms with van der Waals surface area (Å²) in [4.78, 5) is 5.23. The molecule has 0 aromatic carbocycles. The molecule has 0 saturated carbocycles. The van der Waals surface area contributed by atoms with Gasteiger partial charge in [-0.2, -0.15) is 0 Å². The lowest BCUT2D eigenvalue weighted by Gasteiger charge is -2.39. The van der Waals surface area contributed by atoms with Crippen molar-refractivity contribution in [3.8, 4) is 0 Å². The fraction of sp³-hybridized carbons (Fsp3) is 1.00. The fourth-order valence-electron chi connectivity index (χ4n) is 2.63. The van der Waals surface area contributed by atoms with Crippen LogP contribution in [0, 0.1) is 5.41 Å². The largest absolute Gasteiger partial charge is 0.314 e. The molecule has 0 spiro atoms. The first kappa shape index (κ1) is 15.9. The van der Waals surface area contributed by atoms with Crippen LogP contribution in [-0.2, 0) is 0 Å². The molecule has 1 saturated heterocycles. The maximum atomic E-state index is 3.57. The van der Waals surface area contributed by atoms with Gasteiger partial charge >= 0.3 is 0 Å². The quantitative estimate of drug-likeness (QED) is 0.751. The van der Waals surface area contributed by atoms with Gasteiger partial charge in [-0.05, 0) is 18.4 Å². The topological polar surface area (TPSA) is 18.5 Å². The van der Waals surface area contributed by atoms with Crippen LogP contribution in [0.25, 0.3) is 0 Å². The average molecular weight is 255 g/mol. The predicted molar refractivity (Wildman–Crippen MR) is 80.1 cm³/mol. The van der Waals surface area contributed by atoms with Crippen molar-refractivity contribution in [3.63, 3.8) is 0 Å². The first-order valence-corrected chi connectivity index (χ1v) is 7.61. The Hall–Kier alpha value is -0.120. The van der Waals surface area contributed by atoms with Crippen molar-refractivity contribution in [2.24, 2.45) is 5.41 Å². The summed E-state index contributed by atoms with van der Waals surface area (Å²) in [6.07, 6.45) is 1.28. The summed E-state index contributed by atoms with van der Waals surface area (Å²) < 4.78 is 0. The van der Waals surface area contributed by atoms with E-state index in [9.17, 15) is 0 Å². The molecule has 1 fully saturated rings. The number of rotatable bonds is 7. The SMILES string of the molecule is CCCN1CCN(CC(C)(C)CNC(C)C)CC1. The number of hydrogen-bond donors (Lipinski definition) is 1. The zero-order chi connectivity index (χ0) is 13.6. The Morgan fingerprint density at radius 3 is 2.11 bits per heavy atom. The molecule has 3 heteroatoms. The molecule has 108 valence electrons. The van der Waals surface area contributed by atoms with E-state index in [0.717, 1.165) is 6.54 Å². The number of hydrogen-bond acceptors (Lipinski definition) is 3. The molecular weight excluding hydrogens is 222 g/mol. The van der Waals surface area contributed by atoms with E-state index in [1.807, 2.05) is 0 Å². The molecule has 0 bridgehead atoms. The number of nitrogens with one attached hydrogen (secondary N) is 1. The Bertz CT molecular complexity index is 218. The molecule has 3 nitrogen and oxygen atoms in total. The van der Waals surface area contributed by atoms with Crippen LogP contribution in [0.3, 0.4) is 0 Å². The van der Waals surface area contributed by atoms with Gasteiger partial charge in [0.1, 0.15) is 0 Å². The summed E-state index contributed by atoms with van der Waals surface area (Å²) >= 11 is 0. The number of piperazine rings is 1. The van der Waals surface area contributed by atoms with Crippen LogP contribution >= 0.6 is 0 Å². The molecule has 0 unspecified atom stereocenters. The van der Waals surface area contributed by atoms with E-state index >= 15 is 0 Å². The van der Waals surface area contributed by atoms with Crippen LogP contribution in [0.2, 0.25) is 0 Å². The Morgan fingerprint density at radius 2 is 1.61 bits per heavy atom. The molecule has 18 heavy (non-hydrogen) atoms. The minimum Gasteiger partial charge on any atom is -0.314 e. The van der Waals surface area contributed by atoms with Crippen molar-refractivity contribution < 1.29 is 0 Å². The van der Waals surface area contributed by atoms with Crippen LogP contribution in [0.15, 0.2) is 0 Å². The van der Waals surface area contributed by atoms with Crippen LogP contribution < -0.4 is 5.32 Å². The summed E-state index contributed by atoms with van der Waals surface area (Å²) in [5.41, 5.74) is 0.372. The van der Waals surface area contributed by atoms with Crippen molar-refractivity contribution in [2.45, 2.75) is 47.1 Å². The normalized spacial score (nSPS) is 19.7. The van der Waals surface area contributed by atoms with Gasteiger partial charge in [0.05, 0.1) is 0 Å². The van der Waals surface area contributed by atoms with E-state index < -0.39 is 0 Å². The van der Waals surface area contributed by atoms with E-state index in [-0.39, 0.29) is 0 Å². The second kappa shape index (κ2) is 7.46. The maximum absolute atomic E-state index is 3.57. The molecule has 1 aliphatic rings. The highest BCUT2D eigenvalue weighted by Gasteiger charge is 2.24. The highest BCUT2D eigenvalue weighted by atomic mass is 15.3. The van der Waals surface area contributed by atoms with Crippen molar-refractivity contribution in [2.75, 3.05) is 45.8 Å². The molecule has 1 rings (SSSR count). The number of nitrogens with zero attached hydrogens (tertiary/aromatic N) is 2. The lowest BCUT2D eigenvalue weighted by Crippen LogP contribution is -2.50. The van der Waals surface area contributed by atoms with Gasteiger partial charge in [-0.1, -0.05) is 34.6 Å². The smallest absolute Gasteiger partial charge is 0.0110 e. The van der Waals surface area contributed by atoms with Gasteiger partial charge in [0.15, 0.2) is 0 Å². The van der Waals surface area contributed by atoms with Gasteiger partial charge in [-0.25, -0.2) is 0 Å². The van der Waals surface area contributed by atoms with E-state index in [4.69, 9.17) is 0 Å². The lowest BCUT2D eigenvalue weighted by atomic mass is 9.92. The maximum Gasteiger partial charge on any atom is 0.0110 e. The molecule has 0 aromatic heterocycles. The fourth-order valence-corrected chi connectivity index (χ4v) is 2.63. The minimum absolute atomic E-state index is 0.372. The molecule has 0 atom stereocenters. The Kier molecular flexibility index (Phi) is 6.61. The third-order valence-electron chi connectivity index (χ3n) is 3.65. The molecule has 0 amide bonds. The van der Waals surface area contributed by atoms with Gasteiger partial charge in [-0.15, -0.1) is 0 Å². The lowest BCUT2D eigenvalue weighted by molar-refractivity contribution is 0.0957. The van der Waals surface area contributed by atoms with Gasteiger partial charge < -0.3 is 15.1 Å². The zero-order valence-corrected chi connectivity index (χ0v) is 13.1. The van der Waals surface area contributed by atoms with Crippen molar-refractivity contribution >= 4 is 0 Å². The highest BCUT2D eigenvalue weighted by Crippen LogP contribution is 2.17. The molecule has 0 aromatic rings. The second-order valence-corrected chi connectivity index (χ2v) is 6.82. The molecule has 0 aliphatic carbocycles. The molecule has 1 N–H and O–H groups in total. The summed E-state index contributed by atoms with van der Waals surface area (Å²) in [5, 5.41) is 3.57. The van der Waals surface area contributed by atoms with Gasteiger partial charge in [0.2, 0.25) is 0 Å². The van der Waals surface area contributed by atoms with Gasteiger partial charge in [-0.3, -0.25) is 0 Å². The Labute approximate surface area is 114 Å². The monoisotopic (exact) mass is 255 g/mol. The summed E-state index contributed by atoms with van der Waals surface area (Å²) in [7, 11) is 0. The van der Waals surface area contributed by atoms with E-state index in [0.29, 0.717) is 11.5 Å². The van der Waals surface area contributed by atoms with Crippen LogP contribution in [0.1, 0.15) is 41.0 Å². The Balaban J connectivity index is 2.26.